The molecule has 5 aliphatic rings. The lowest BCUT2D eigenvalue weighted by Crippen LogP contribution is -2.68. The fraction of sp³-hybridized carbons (Fsp3) is 0.917. The van der Waals surface area contributed by atoms with Crippen molar-refractivity contribution in [3.05, 3.63) is 0 Å². The van der Waals surface area contributed by atoms with Crippen molar-refractivity contribution in [2.75, 3.05) is 26.7 Å². The molecule has 5 fully saturated rings. The van der Waals surface area contributed by atoms with E-state index in [0.717, 1.165) is 44.1 Å². The molecule has 2 saturated carbocycles. The van der Waals surface area contributed by atoms with E-state index in [2.05, 4.69) is 34.2 Å². The minimum atomic E-state index is -0.271. The maximum absolute atomic E-state index is 13.4. The number of hydrazine groups is 1. The Morgan fingerprint density at radius 1 is 0.935 bits per heavy atom. The smallest absolute Gasteiger partial charge is 0.252 e. The number of piperazine rings is 1. The first kappa shape index (κ1) is 21.7. The van der Waals surface area contributed by atoms with Crippen molar-refractivity contribution >= 4 is 11.8 Å². The number of fused-ring (bicyclic) bond motifs is 2. The van der Waals surface area contributed by atoms with Gasteiger partial charge >= 0.3 is 0 Å². The zero-order valence-electron chi connectivity index (χ0n) is 19.5. The van der Waals surface area contributed by atoms with Gasteiger partial charge in [0.25, 0.3) is 5.91 Å². The van der Waals surface area contributed by atoms with Gasteiger partial charge < -0.3 is 14.5 Å². The van der Waals surface area contributed by atoms with Crippen molar-refractivity contribution in [1.82, 2.24) is 20.2 Å². The average Bonchev–Trinajstić information content (AvgIpc) is 3.40. The topological polar surface area (TPSA) is 65.1 Å². The molecule has 7 heteroatoms. The van der Waals surface area contributed by atoms with Gasteiger partial charge in [0.15, 0.2) is 0 Å². The van der Waals surface area contributed by atoms with E-state index in [-0.39, 0.29) is 36.0 Å². The van der Waals surface area contributed by atoms with E-state index in [4.69, 9.17) is 4.74 Å². The van der Waals surface area contributed by atoms with Gasteiger partial charge in [-0.15, -0.1) is 0 Å². The van der Waals surface area contributed by atoms with Gasteiger partial charge in [0.1, 0.15) is 6.10 Å². The number of carbonyl (C=O) groups is 2. The quantitative estimate of drug-likeness (QED) is 0.723. The van der Waals surface area contributed by atoms with Gasteiger partial charge in [0.2, 0.25) is 5.91 Å². The van der Waals surface area contributed by atoms with Crippen LogP contribution in [-0.2, 0) is 14.3 Å². The van der Waals surface area contributed by atoms with Crippen LogP contribution in [0.3, 0.4) is 0 Å². The summed E-state index contributed by atoms with van der Waals surface area (Å²) >= 11 is 0. The third-order valence-corrected chi connectivity index (χ3v) is 8.95. The molecule has 31 heavy (non-hydrogen) atoms. The first-order valence-electron chi connectivity index (χ1n) is 12.6. The summed E-state index contributed by atoms with van der Waals surface area (Å²) in [4.78, 5) is 30.2. The Balaban J connectivity index is 1.33. The van der Waals surface area contributed by atoms with Crippen LogP contribution in [-0.4, -0.2) is 83.6 Å². The monoisotopic (exact) mass is 432 g/mol. The Bertz CT molecular complexity index is 696. The Labute approximate surface area is 186 Å². The van der Waals surface area contributed by atoms with Crippen LogP contribution in [0.2, 0.25) is 0 Å². The molecule has 174 valence electrons. The number of rotatable bonds is 2. The highest BCUT2D eigenvalue weighted by atomic mass is 16.5. The molecule has 5 rings (SSSR count). The molecular weight excluding hydrogens is 392 g/mol. The highest BCUT2D eigenvalue weighted by Crippen LogP contribution is 2.45. The second-order valence-corrected chi connectivity index (χ2v) is 10.9. The molecule has 1 N–H and O–H groups in total. The summed E-state index contributed by atoms with van der Waals surface area (Å²) in [7, 11) is 2.16. The Kier molecular flexibility index (Phi) is 6.03. The number of hydrogen-bond donors (Lipinski definition) is 1. The zero-order chi connectivity index (χ0) is 21.7. The third-order valence-electron chi connectivity index (χ3n) is 8.95. The Hall–Kier alpha value is -1.18. The summed E-state index contributed by atoms with van der Waals surface area (Å²) in [5, 5.41) is 2.27. The van der Waals surface area contributed by atoms with E-state index in [1.807, 2.05) is 0 Å². The molecule has 0 bridgehead atoms. The highest BCUT2D eigenvalue weighted by molar-refractivity contribution is 5.82. The first-order valence-corrected chi connectivity index (χ1v) is 12.6. The van der Waals surface area contributed by atoms with Crippen molar-refractivity contribution in [1.29, 1.82) is 0 Å². The van der Waals surface area contributed by atoms with Gasteiger partial charge in [-0.25, -0.2) is 5.01 Å². The van der Waals surface area contributed by atoms with E-state index >= 15 is 0 Å². The number of nitrogens with one attached hydrogen (secondary N) is 1. The second-order valence-electron chi connectivity index (χ2n) is 10.9. The molecule has 8 atom stereocenters. The Morgan fingerprint density at radius 2 is 1.71 bits per heavy atom. The third kappa shape index (κ3) is 4.02. The van der Waals surface area contributed by atoms with Crippen molar-refractivity contribution < 1.29 is 14.3 Å². The van der Waals surface area contributed by atoms with Crippen molar-refractivity contribution in [2.24, 2.45) is 17.8 Å². The Morgan fingerprint density at radius 3 is 2.45 bits per heavy atom. The number of amides is 2. The molecule has 0 aromatic carbocycles. The molecule has 3 aliphatic heterocycles. The molecule has 0 aromatic heterocycles. The molecule has 0 aromatic rings. The molecule has 2 aliphatic carbocycles. The van der Waals surface area contributed by atoms with Gasteiger partial charge in [-0.05, 0) is 76.0 Å². The van der Waals surface area contributed by atoms with E-state index < -0.39 is 0 Å². The second kappa shape index (κ2) is 8.64. The van der Waals surface area contributed by atoms with Crippen molar-refractivity contribution in [2.45, 2.75) is 95.5 Å². The van der Waals surface area contributed by atoms with Gasteiger partial charge in [0.05, 0.1) is 12.1 Å². The predicted molar refractivity (Wildman–Crippen MR) is 118 cm³/mol. The molecule has 0 spiro atoms. The average molecular weight is 433 g/mol. The van der Waals surface area contributed by atoms with Crippen molar-refractivity contribution in [3.8, 4) is 0 Å². The van der Waals surface area contributed by atoms with Crippen LogP contribution in [0.15, 0.2) is 0 Å². The molecule has 3 saturated heterocycles. The van der Waals surface area contributed by atoms with Crippen molar-refractivity contribution in [3.63, 3.8) is 0 Å². The van der Waals surface area contributed by atoms with Gasteiger partial charge in [-0.1, -0.05) is 0 Å². The summed E-state index contributed by atoms with van der Waals surface area (Å²) in [5.41, 5.74) is 3.62. The van der Waals surface area contributed by atoms with E-state index in [1.165, 1.54) is 25.7 Å². The van der Waals surface area contributed by atoms with E-state index in [0.29, 0.717) is 25.1 Å². The fourth-order valence-electron chi connectivity index (χ4n) is 7.63. The SMILES string of the molecule is CC(=O)N1C2CCC(C3CCC4NN(C)CC4C3)CC2N(C(=O)C2CCCO2)C[C@@H]1C. The molecule has 3 heterocycles. The molecule has 2 amide bonds. The minimum absolute atomic E-state index is 0.0798. The standard InChI is InChI=1S/C24H40N4O3/c1-15-13-27(24(30)23-5-4-10-31-23)22-12-18(7-9-21(22)28(15)16(2)29)17-6-8-20-19(11-17)14-26(3)25-20/h15,17-23,25H,4-14H2,1-3H3/t15-,17?,18?,19?,20?,21?,22?,23?/m0/s1. The maximum Gasteiger partial charge on any atom is 0.252 e. The zero-order valence-corrected chi connectivity index (χ0v) is 19.5. The van der Waals surface area contributed by atoms with Crippen LogP contribution in [0, 0.1) is 17.8 Å². The number of nitrogens with zero attached hydrogens (tertiary/aromatic N) is 3. The molecule has 0 radical (unpaired) electrons. The van der Waals surface area contributed by atoms with Crippen LogP contribution in [0.4, 0.5) is 0 Å². The van der Waals surface area contributed by atoms with Crippen LogP contribution in [0.25, 0.3) is 0 Å². The van der Waals surface area contributed by atoms with Crippen LogP contribution < -0.4 is 5.43 Å². The lowest BCUT2D eigenvalue weighted by Gasteiger charge is -2.55. The minimum Gasteiger partial charge on any atom is -0.368 e. The lowest BCUT2D eigenvalue weighted by molar-refractivity contribution is -0.160. The van der Waals surface area contributed by atoms with Gasteiger partial charge in [0, 0.05) is 45.8 Å². The lowest BCUT2D eigenvalue weighted by atomic mass is 9.66. The van der Waals surface area contributed by atoms with E-state index in [9.17, 15) is 9.59 Å². The summed E-state index contributed by atoms with van der Waals surface area (Å²) in [6.45, 7) is 6.30. The number of ether oxygens (including phenoxy) is 1. The normalized spacial score (nSPS) is 43.6. The molecule has 7 unspecified atom stereocenters. The molecule has 7 nitrogen and oxygen atoms in total. The predicted octanol–water partition coefficient (Wildman–Crippen LogP) is 2.02. The number of carbonyl (C=O) groups excluding carboxylic acids is 2. The summed E-state index contributed by atoms with van der Waals surface area (Å²) in [6, 6.07) is 1.05. The van der Waals surface area contributed by atoms with Gasteiger partial charge in [-0.2, -0.15) is 0 Å². The van der Waals surface area contributed by atoms with E-state index in [1.54, 1.807) is 6.92 Å². The largest absolute Gasteiger partial charge is 0.368 e. The molecular formula is C24H40N4O3. The van der Waals surface area contributed by atoms with Crippen LogP contribution in [0.1, 0.15) is 65.2 Å². The van der Waals surface area contributed by atoms with Gasteiger partial charge in [-0.3, -0.25) is 15.0 Å². The van der Waals surface area contributed by atoms with Crippen LogP contribution in [0.5, 0.6) is 0 Å². The first-order chi connectivity index (χ1) is 14.9. The van der Waals surface area contributed by atoms with Crippen LogP contribution >= 0.6 is 0 Å². The maximum atomic E-state index is 13.4. The number of hydrogen-bond acceptors (Lipinski definition) is 5. The fourth-order valence-corrected chi connectivity index (χ4v) is 7.63. The summed E-state index contributed by atoms with van der Waals surface area (Å²) < 4.78 is 5.77. The summed E-state index contributed by atoms with van der Waals surface area (Å²) in [6.07, 6.45) is 8.66. The summed E-state index contributed by atoms with van der Waals surface area (Å²) in [5.74, 6) is 2.50. The highest BCUT2D eigenvalue weighted by Gasteiger charge is 2.49.